The topological polar surface area (TPSA) is 49.6 Å². The molecule has 0 aromatic heterocycles. The smallest absolute Gasteiger partial charge is 0.319 e. The summed E-state index contributed by atoms with van der Waals surface area (Å²) in [6, 6.07) is 7.63. The minimum atomic E-state index is 0.0184. The molecule has 2 N–H and O–H groups in total. The highest BCUT2D eigenvalue weighted by molar-refractivity contribution is 5.73. The molecule has 0 aliphatic rings. The van der Waals surface area contributed by atoms with E-state index in [9.17, 15) is 4.79 Å². The van der Waals surface area contributed by atoms with Crippen molar-refractivity contribution in [2.75, 3.05) is 26.4 Å². The number of rotatable bonds is 3. The fraction of sp³-hybridized carbons (Fsp3) is 0.417. The van der Waals surface area contributed by atoms with Gasteiger partial charge in [-0.15, -0.1) is 0 Å². The van der Waals surface area contributed by atoms with Crippen molar-refractivity contribution in [3.8, 4) is 0 Å². The van der Waals surface area contributed by atoms with Crippen molar-refractivity contribution >= 4 is 11.7 Å². The maximum absolute atomic E-state index is 11.8. The molecule has 4 nitrogen and oxygen atoms in total. The first-order valence-electron chi connectivity index (χ1n) is 5.35. The van der Waals surface area contributed by atoms with Crippen LogP contribution in [0.5, 0.6) is 0 Å². The van der Waals surface area contributed by atoms with Gasteiger partial charge >= 0.3 is 6.03 Å². The maximum atomic E-state index is 11.8. The van der Waals surface area contributed by atoms with Gasteiger partial charge in [0.1, 0.15) is 0 Å². The van der Waals surface area contributed by atoms with E-state index in [2.05, 4.69) is 0 Å². The van der Waals surface area contributed by atoms with Crippen LogP contribution in [0.3, 0.4) is 0 Å². The van der Waals surface area contributed by atoms with Gasteiger partial charge in [-0.2, -0.15) is 0 Å². The van der Waals surface area contributed by atoms with E-state index >= 15 is 0 Å². The van der Waals surface area contributed by atoms with Gasteiger partial charge in [0.2, 0.25) is 0 Å². The van der Waals surface area contributed by atoms with Crippen molar-refractivity contribution in [3.63, 3.8) is 0 Å². The van der Waals surface area contributed by atoms with Gasteiger partial charge in [0.15, 0.2) is 0 Å². The predicted octanol–water partition coefficient (Wildman–Crippen LogP) is 1.77. The fourth-order valence-corrected chi connectivity index (χ4v) is 1.51. The van der Waals surface area contributed by atoms with E-state index < -0.39 is 0 Å². The number of hydrogen-bond donors (Lipinski definition) is 1. The molecular weight excluding hydrogens is 202 g/mol. The summed E-state index contributed by atoms with van der Waals surface area (Å²) in [7, 11) is 3.51. The predicted molar refractivity (Wildman–Crippen MR) is 66.0 cm³/mol. The van der Waals surface area contributed by atoms with Crippen LogP contribution in [0.25, 0.3) is 0 Å². The number of nitrogens with two attached hydrogens (primary N) is 1. The Hall–Kier alpha value is -1.71. The van der Waals surface area contributed by atoms with E-state index in [0.29, 0.717) is 13.1 Å². The van der Waals surface area contributed by atoms with Gasteiger partial charge in [-0.25, -0.2) is 4.79 Å². The number of anilines is 1. The molecule has 4 heteroatoms. The standard InChI is InChI=1S/C12H19N3O/c1-4-15(12(16)14(2)3)9-10-6-5-7-11(13)8-10/h5-8H,4,9,13H2,1-3H3. The summed E-state index contributed by atoms with van der Waals surface area (Å²) in [4.78, 5) is 15.1. The molecule has 0 heterocycles. The Morgan fingerprint density at radius 1 is 1.38 bits per heavy atom. The molecule has 0 radical (unpaired) electrons. The average molecular weight is 221 g/mol. The summed E-state index contributed by atoms with van der Waals surface area (Å²) in [5, 5.41) is 0. The number of nitrogens with zero attached hydrogens (tertiary/aromatic N) is 2. The Bertz CT molecular complexity index is 363. The van der Waals surface area contributed by atoms with Crippen molar-refractivity contribution < 1.29 is 4.79 Å². The van der Waals surface area contributed by atoms with Crippen LogP contribution >= 0.6 is 0 Å². The molecule has 0 aliphatic heterocycles. The Labute approximate surface area is 96.6 Å². The zero-order chi connectivity index (χ0) is 12.1. The average Bonchev–Trinajstić information content (AvgIpc) is 2.25. The van der Waals surface area contributed by atoms with Crippen LogP contribution in [-0.2, 0) is 6.54 Å². The highest BCUT2D eigenvalue weighted by Gasteiger charge is 2.13. The van der Waals surface area contributed by atoms with Crippen LogP contribution in [0.4, 0.5) is 10.5 Å². The minimum Gasteiger partial charge on any atom is -0.399 e. The lowest BCUT2D eigenvalue weighted by atomic mass is 10.2. The number of nitrogen functional groups attached to an aromatic ring is 1. The van der Waals surface area contributed by atoms with E-state index in [0.717, 1.165) is 11.3 Å². The Balaban J connectivity index is 2.74. The monoisotopic (exact) mass is 221 g/mol. The van der Waals surface area contributed by atoms with Gasteiger partial charge in [-0.1, -0.05) is 12.1 Å². The zero-order valence-electron chi connectivity index (χ0n) is 10.1. The minimum absolute atomic E-state index is 0.0184. The number of carbonyl (C=O) groups excluding carboxylic acids is 1. The van der Waals surface area contributed by atoms with E-state index in [1.807, 2.05) is 31.2 Å². The molecular formula is C12H19N3O. The molecule has 0 atom stereocenters. The van der Waals surface area contributed by atoms with Crippen LogP contribution in [0, 0.1) is 0 Å². The molecule has 1 aromatic carbocycles. The second-order valence-corrected chi connectivity index (χ2v) is 3.94. The van der Waals surface area contributed by atoms with Crippen molar-refractivity contribution in [3.05, 3.63) is 29.8 Å². The van der Waals surface area contributed by atoms with Gasteiger partial charge in [-0.3, -0.25) is 0 Å². The number of urea groups is 1. The third-order valence-corrected chi connectivity index (χ3v) is 2.36. The molecule has 0 unspecified atom stereocenters. The summed E-state index contributed by atoms with van der Waals surface area (Å²) in [5.41, 5.74) is 7.48. The quantitative estimate of drug-likeness (QED) is 0.791. The third kappa shape index (κ3) is 3.15. The van der Waals surface area contributed by atoms with E-state index in [1.165, 1.54) is 0 Å². The lowest BCUT2D eigenvalue weighted by molar-refractivity contribution is 0.171. The van der Waals surface area contributed by atoms with E-state index in [4.69, 9.17) is 5.73 Å². The van der Waals surface area contributed by atoms with Crippen molar-refractivity contribution in [2.24, 2.45) is 0 Å². The molecule has 0 saturated heterocycles. The normalized spacial score (nSPS) is 9.94. The first-order chi connectivity index (χ1) is 7.54. The molecule has 1 aromatic rings. The van der Waals surface area contributed by atoms with Crippen LogP contribution in [-0.4, -0.2) is 36.5 Å². The Kier molecular flexibility index (Phi) is 4.17. The van der Waals surface area contributed by atoms with Crippen LogP contribution in [0.1, 0.15) is 12.5 Å². The second kappa shape index (κ2) is 5.39. The zero-order valence-corrected chi connectivity index (χ0v) is 10.1. The number of carbonyl (C=O) groups is 1. The van der Waals surface area contributed by atoms with Gasteiger partial charge in [0.25, 0.3) is 0 Å². The number of amides is 2. The first-order valence-corrected chi connectivity index (χ1v) is 5.35. The third-order valence-electron chi connectivity index (χ3n) is 2.36. The molecule has 2 amide bonds. The van der Waals surface area contributed by atoms with Crippen molar-refractivity contribution in [2.45, 2.75) is 13.5 Å². The molecule has 0 saturated carbocycles. The summed E-state index contributed by atoms with van der Waals surface area (Å²) in [6.07, 6.45) is 0. The second-order valence-electron chi connectivity index (χ2n) is 3.94. The molecule has 0 bridgehead atoms. The van der Waals surface area contributed by atoms with Gasteiger partial charge in [-0.05, 0) is 24.6 Å². The fourth-order valence-electron chi connectivity index (χ4n) is 1.51. The van der Waals surface area contributed by atoms with Gasteiger partial charge < -0.3 is 15.5 Å². The Morgan fingerprint density at radius 3 is 2.56 bits per heavy atom. The lowest BCUT2D eigenvalue weighted by Gasteiger charge is -2.24. The van der Waals surface area contributed by atoms with Gasteiger partial charge in [0, 0.05) is 32.9 Å². The van der Waals surface area contributed by atoms with Crippen LogP contribution < -0.4 is 5.73 Å². The molecule has 0 fully saturated rings. The number of hydrogen-bond acceptors (Lipinski definition) is 2. The lowest BCUT2D eigenvalue weighted by Crippen LogP contribution is -2.38. The van der Waals surface area contributed by atoms with E-state index in [-0.39, 0.29) is 6.03 Å². The highest BCUT2D eigenvalue weighted by atomic mass is 16.2. The van der Waals surface area contributed by atoms with E-state index in [1.54, 1.807) is 23.9 Å². The SMILES string of the molecule is CCN(Cc1cccc(N)c1)C(=O)N(C)C. The summed E-state index contributed by atoms with van der Waals surface area (Å²) in [6.45, 7) is 3.25. The molecule has 88 valence electrons. The Morgan fingerprint density at radius 2 is 2.06 bits per heavy atom. The number of benzene rings is 1. The molecule has 0 spiro atoms. The molecule has 0 aliphatic carbocycles. The molecule has 1 rings (SSSR count). The summed E-state index contributed by atoms with van der Waals surface area (Å²) < 4.78 is 0. The molecule has 16 heavy (non-hydrogen) atoms. The largest absolute Gasteiger partial charge is 0.399 e. The summed E-state index contributed by atoms with van der Waals surface area (Å²) >= 11 is 0. The van der Waals surface area contributed by atoms with Gasteiger partial charge in [0.05, 0.1) is 0 Å². The first kappa shape index (κ1) is 12.4. The highest BCUT2D eigenvalue weighted by Crippen LogP contribution is 2.10. The maximum Gasteiger partial charge on any atom is 0.319 e. The summed E-state index contributed by atoms with van der Waals surface area (Å²) in [5.74, 6) is 0. The van der Waals surface area contributed by atoms with Crippen molar-refractivity contribution in [1.82, 2.24) is 9.80 Å². The van der Waals surface area contributed by atoms with Crippen LogP contribution in [0.15, 0.2) is 24.3 Å². The van der Waals surface area contributed by atoms with Crippen molar-refractivity contribution in [1.29, 1.82) is 0 Å². The van der Waals surface area contributed by atoms with Crippen LogP contribution in [0.2, 0.25) is 0 Å².